The molecule has 2 rings (SSSR count). The Kier molecular flexibility index (Phi) is 7.60. The number of nitrogens with one attached hydrogen (secondary N) is 2. The van der Waals surface area contributed by atoms with Crippen LogP contribution in [-0.4, -0.2) is 30.6 Å². The molecule has 0 radical (unpaired) electrons. The van der Waals surface area contributed by atoms with Crippen LogP contribution in [0.2, 0.25) is 0 Å². The first-order valence-electron chi connectivity index (χ1n) is 8.40. The molecular weight excluding hydrogens is 300 g/mol. The zero-order chi connectivity index (χ0) is 17.0. The average molecular weight is 326 g/mol. The Bertz CT molecular complexity index is 628. The molecule has 0 amide bonds. The molecule has 2 N–H and O–H groups in total. The highest BCUT2D eigenvalue weighted by Crippen LogP contribution is 2.08. The van der Waals surface area contributed by atoms with Crippen LogP contribution in [0.15, 0.2) is 53.5 Å². The molecule has 0 spiro atoms. The van der Waals surface area contributed by atoms with Crippen molar-refractivity contribution >= 4 is 5.96 Å². The minimum Gasteiger partial charge on any atom is -0.494 e. The van der Waals surface area contributed by atoms with Crippen molar-refractivity contribution in [2.45, 2.75) is 26.8 Å². The maximum atomic E-state index is 5.68. The summed E-state index contributed by atoms with van der Waals surface area (Å²) in [4.78, 5) is 9.04. The van der Waals surface area contributed by atoms with Crippen LogP contribution in [0, 0.1) is 6.92 Å². The number of nitrogens with zero attached hydrogens (tertiary/aromatic N) is 2. The number of hydrogen-bond donors (Lipinski definition) is 2. The van der Waals surface area contributed by atoms with Gasteiger partial charge in [0.15, 0.2) is 5.96 Å². The lowest BCUT2D eigenvalue weighted by Gasteiger charge is -2.11. The zero-order valence-electron chi connectivity index (χ0n) is 14.5. The van der Waals surface area contributed by atoms with E-state index >= 15 is 0 Å². The van der Waals surface area contributed by atoms with Crippen LogP contribution in [0.4, 0.5) is 0 Å². The van der Waals surface area contributed by atoms with Crippen molar-refractivity contribution in [3.63, 3.8) is 0 Å². The van der Waals surface area contributed by atoms with Gasteiger partial charge in [-0.3, -0.25) is 4.98 Å². The van der Waals surface area contributed by atoms with Crippen molar-refractivity contribution in [1.82, 2.24) is 15.6 Å². The number of rotatable bonds is 8. The lowest BCUT2D eigenvalue weighted by atomic mass is 10.3. The van der Waals surface area contributed by atoms with Gasteiger partial charge in [0.2, 0.25) is 0 Å². The summed E-state index contributed by atoms with van der Waals surface area (Å²) in [5.74, 6) is 1.71. The zero-order valence-corrected chi connectivity index (χ0v) is 14.5. The summed E-state index contributed by atoms with van der Waals surface area (Å²) in [6.07, 6.45) is 0.905. The fourth-order valence-electron chi connectivity index (χ4n) is 2.18. The van der Waals surface area contributed by atoms with Crippen LogP contribution in [0.3, 0.4) is 0 Å². The van der Waals surface area contributed by atoms with E-state index in [1.165, 1.54) is 0 Å². The minimum atomic E-state index is 0.567. The van der Waals surface area contributed by atoms with Crippen LogP contribution in [0.5, 0.6) is 5.75 Å². The Labute approximate surface area is 144 Å². The molecule has 1 aromatic carbocycles. The van der Waals surface area contributed by atoms with E-state index in [1.807, 2.05) is 55.5 Å². The second-order valence-electron chi connectivity index (χ2n) is 5.41. The molecule has 0 aliphatic heterocycles. The molecule has 0 atom stereocenters. The number of ether oxygens (including phenoxy) is 1. The van der Waals surface area contributed by atoms with Gasteiger partial charge in [0.1, 0.15) is 5.75 Å². The van der Waals surface area contributed by atoms with E-state index in [9.17, 15) is 0 Å². The van der Waals surface area contributed by atoms with Crippen LogP contribution in [-0.2, 0) is 6.54 Å². The summed E-state index contributed by atoms with van der Waals surface area (Å²) in [6.45, 7) is 6.92. The topological polar surface area (TPSA) is 58.5 Å². The van der Waals surface area contributed by atoms with Gasteiger partial charge in [-0.05, 0) is 44.5 Å². The number of guanidine groups is 1. The maximum Gasteiger partial charge on any atom is 0.191 e. The molecule has 0 saturated carbocycles. The summed E-state index contributed by atoms with van der Waals surface area (Å²) in [6, 6.07) is 15.9. The molecule has 24 heavy (non-hydrogen) atoms. The van der Waals surface area contributed by atoms with Gasteiger partial charge in [-0.15, -0.1) is 0 Å². The van der Waals surface area contributed by atoms with E-state index in [0.29, 0.717) is 13.2 Å². The monoisotopic (exact) mass is 326 g/mol. The average Bonchev–Trinajstić information content (AvgIpc) is 2.60. The highest BCUT2D eigenvalue weighted by atomic mass is 16.5. The second-order valence-corrected chi connectivity index (χ2v) is 5.41. The minimum absolute atomic E-state index is 0.567. The fourth-order valence-corrected chi connectivity index (χ4v) is 2.18. The highest BCUT2D eigenvalue weighted by molar-refractivity contribution is 5.79. The molecule has 5 nitrogen and oxygen atoms in total. The number of benzene rings is 1. The number of aliphatic imine (C=N–C) groups is 1. The molecule has 0 unspecified atom stereocenters. The van der Waals surface area contributed by atoms with Crippen molar-refractivity contribution in [3.05, 3.63) is 59.9 Å². The van der Waals surface area contributed by atoms with Crippen molar-refractivity contribution in [2.24, 2.45) is 4.99 Å². The van der Waals surface area contributed by atoms with Crippen molar-refractivity contribution < 1.29 is 4.74 Å². The third-order valence-electron chi connectivity index (χ3n) is 3.31. The maximum absolute atomic E-state index is 5.68. The smallest absolute Gasteiger partial charge is 0.191 e. The lowest BCUT2D eigenvalue weighted by molar-refractivity contribution is 0.311. The van der Waals surface area contributed by atoms with Gasteiger partial charge in [0, 0.05) is 18.8 Å². The summed E-state index contributed by atoms with van der Waals surface area (Å²) >= 11 is 0. The molecule has 5 heteroatoms. The summed E-state index contributed by atoms with van der Waals surface area (Å²) in [5, 5.41) is 6.57. The molecule has 1 aromatic heterocycles. The molecular formula is C19H26N4O. The Hall–Kier alpha value is -2.56. The van der Waals surface area contributed by atoms with Crippen molar-refractivity contribution in [2.75, 3.05) is 19.7 Å². The van der Waals surface area contributed by atoms with Gasteiger partial charge < -0.3 is 15.4 Å². The third kappa shape index (κ3) is 6.69. The molecule has 0 aliphatic rings. The van der Waals surface area contributed by atoms with Gasteiger partial charge in [0.05, 0.1) is 18.8 Å². The Balaban J connectivity index is 1.73. The SMILES string of the molecule is CCNC(=NCc1cccc(C)n1)NCCCOc1ccccc1. The first kappa shape index (κ1) is 17.8. The normalized spacial score (nSPS) is 11.2. The Morgan fingerprint density at radius 3 is 2.67 bits per heavy atom. The predicted molar refractivity (Wildman–Crippen MR) is 98.3 cm³/mol. The van der Waals surface area contributed by atoms with Gasteiger partial charge in [-0.25, -0.2) is 4.99 Å². The van der Waals surface area contributed by atoms with E-state index < -0.39 is 0 Å². The van der Waals surface area contributed by atoms with E-state index in [1.54, 1.807) is 0 Å². The summed E-state index contributed by atoms with van der Waals surface area (Å²) in [7, 11) is 0. The molecule has 0 aliphatic carbocycles. The first-order valence-corrected chi connectivity index (χ1v) is 8.40. The number of pyridine rings is 1. The number of hydrogen-bond acceptors (Lipinski definition) is 3. The second kappa shape index (κ2) is 10.3. The standard InChI is InChI=1S/C19H26N4O/c1-3-20-19(22-15-17-10-7-9-16(2)23-17)21-13-8-14-24-18-11-5-4-6-12-18/h4-7,9-12H,3,8,13-15H2,1-2H3,(H2,20,21,22). The van der Waals surface area contributed by atoms with E-state index in [2.05, 4.69) is 27.5 Å². The van der Waals surface area contributed by atoms with Crippen LogP contribution in [0.1, 0.15) is 24.7 Å². The fraction of sp³-hybridized carbons (Fsp3) is 0.368. The molecule has 128 valence electrons. The quantitative estimate of drug-likeness (QED) is 0.445. The van der Waals surface area contributed by atoms with Crippen molar-refractivity contribution in [1.29, 1.82) is 0 Å². The molecule has 0 fully saturated rings. The van der Waals surface area contributed by atoms with E-state index in [0.717, 1.165) is 42.6 Å². The van der Waals surface area contributed by atoms with Crippen LogP contribution >= 0.6 is 0 Å². The van der Waals surface area contributed by atoms with Gasteiger partial charge in [-0.2, -0.15) is 0 Å². The van der Waals surface area contributed by atoms with E-state index in [-0.39, 0.29) is 0 Å². The van der Waals surface area contributed by atoms with Crippen LogP contribution in [0.25, 0.3) is 0 Å². The first-order chi connectivity index (χ1) is 11.8. The number of aromatic nitrogens is 1. The summed E-state index contributed by atoms with van der Waals surface area (Å²) < 4.78 is 5.68. The molecule has 0 saturated heterocycles. The summed E-state index contributed by atoms with van der Waals surface area (Å²) in [5.41, 5.74) is 1.98. The molecule has 1 heterocycles. The van der Waals surface area contributed by atoms with Crippen molar-refractivity contribution in [3.8, 4) is 5.75 Å². The Morgan fingerprint density at radius 2 is 1.92 bits per heavy atom. The number of para-hydroxylation sites is 1. The van der Waals surface area contributed by atoms with Gasteiger partial charge in [0.25, 0.3) is 0 Å². The Morgan fingerprint density at radius 1 is 1.08 bits per heavy atom. The largest absolute Gasteiger partial charge is 0.494 e. The molecule has 0 bridgehead atoms. The van der Waals surface area contributed by atoms with E-state index in [4.69, 9.17) is 4.74 Å². The lowest BCUT2D eigenvalue weighted by Crippen LogP contribution is -2.38. The van der Waals surface area contributed by atoms with Gasteiger partial charge in [-0.1, -0.05) is 24.3 Å². The highest BCUT2D eigenvalue weighted by Gasteiger charge is 1.99. The number of aryl methyl sites for hydroxylation is 1. The predicted octanol–water partition coefficient (Wildman–Crippen LogP) is 2.91. The molecule has 2 aromatic rings. The van der Waals surface area contributed by atoms with Crippen LogP contribution < -0.4 is 15.4 Å². The van der Waals surface area contributed by atoms with Gasteiger partial charge >= 0.3 is 0 Å². The third-order valence-corrected chi connectivity index (χ3v) is 3.31.